The number of β-amino-alcohol motifs (C(OH)–C–C–N with tert-alkyl or cyclic N) is 1. The van der Waals surface area contributed by atoms with E-state index in [0.717, 1.165) is 0 Å². The summed E-state index contributed by atoms with van der Waals surface area (Å²) in [5.41, 5.74) is 0.589. The molecule has 2 aliphatic rings. The lowest BCUT2D eigenvalue weighted by Gasteiger charge is -2.31. The Kier molecular flexibility index (Phi) is 5.55. The van der Waals surface area contributed by atoms with Gasteiger partial charge >= 0.3 is 0 Å². The van der Waals surface area contributed by atoms with E-state index >= 15 is 0 Å². The molecule has 2 amide bonds. The van der Waals surface area contributed by atoms with Crippen LogP contribution in [-0.2, 0) is 29.1 Å². The molecule has 160 valence electrons. The quantitative estimate of drug-likeness (QED) is 0.813. The van der Waals surface area contributed by atoms with Gasteiger partial charge < -0.3 is 19.5 Å². The third-order valence-corrected chi connectivity index (χ3v) is 5.73. The Balaban J connectivity index is 1.53. The molecule has 2 atom stereocenters. The Morgan fingerprint density at radius 3 is 2.80 bits per heavy atom. The maximum absolute atomic E-state index is 13.5. The van der Waals surface area contributed by atoms with Crippen LogP contribution in [0.4, 0.5) is 4.39 Å². The molecule has 0 saturated carbocycles. The van der Waals surface area contributed by atoms with E-state index in [9.17, 15) is 19.1 Å². The molecule has 8 nitrogen and oxygen atoms in total. The molecule has 4 rings (SSSR count). The molecule has 30 heavy (non-hydrogen) atoms. The van der Waals surface area contributed by atoms with Gasteiger partial charge in [-0.3, -0.25) is 9.59 Å². The number of benzene rings is 1. The Labute approximate surface area is 174 Å². The first kappa shape index (κ1) is 20.5. The van der Waals surface area contributed by atoms with E-state index < -0.39 is 12.1 Å². The summed E-state index contributed by atoms with van der Waals surface area (Å²) in [6.45, 7) is 5.44. The maximum atomic E-state index is 13.5. The van der Waals surface area contributed by atoms with E-state index in [1.54, 1.807) is 21.9 Å². The third-order valence-electron chi connectivity index (χ3n) is 5.73. The van der Waals surface area contributed by atoms with Gasteiger partial charge in [-0.05, 0) is 17.7 Å². The van der Waals surface area contributed by atoms with E-state index in [1.165, 1.54) is 12.1 Å². The molecular weight excluding hydrogens is 389 g/mol. The zero-order valence-electron chi connectivity index (χ0n) is 17.2. The summed E-state index contributed by atoms with van der Waals surface area (Å²) in [6.07, 6.45) is -0.220. The summed E-state index contributed by atoms with van der Waals surface area (Å²) < 4.78 is 15.4. The molecule has 0 spiro atoms. The van der Waals surface area contributed by atoms with Crippen LogP contribution in [0.25, 0.3) is 0 Å². The van der Waals surface area contributed by atoms with Gasteiger partial charge in [0, 0.05) is 32.0 Å². The number of carbonyl (C=O) groups is 2. The lowest BCUT2D eigenvalue weighted by Crippen LogP contribution is -2.41. The number of hydrogen-bond donors (Lipinski definition) is 1. The topological polar surface area (TPSA) is 91.6 Å². The van der Waals surface area contributed by atoms with Crippen LogP contribution in [0.2, 0.25) is 0 Å². The zero-order valence-corrected chi connectivity index (χ0v) is 17.2. The van der Waals surface area contributed by atoms with Gasteiger partial charge in [0.05, 0.1) is 25.1 Å². The van der Waals surface area contributed by atoms with Crippen molar-refractivity contribution in [1.82, 2.24) is 24.6 Å². The average molecular weight is 415 g/mol. The maximum Gasteiger partial charge on any atom is 0.227 e. The first-order valence-electron chi connectivity index (χ1n) is 10.3. The standard InChI is InChI=1S/C21H26FN5O3/c1-13(2)21(30)25-6-7-26-18(12-25)23-24-20(26)17-10-16(28)11-27(17)19(29)9-14-4-3-5-15(22)8-14/h3-5,8,13,16-17,28H,6-7,9-12H2,1-2H3/t16-,17-/m0/s1. The van der Waals surface area contributed by atoms with Gasteiger partial charge in [0.2, 0.25) is 11.8 Å². The average Bonchev–Trinajstić information content (AvgIpc) is 3.29. The number of nitrogens with zero attached hydrogens (tertiary/aromatic N) is 5. The van der Waals surface area contributed by atoms with Crippen LogP contribution in [-0.4, -0.2) is 60.7 Å². The van der Waals surface area contributed by atoms with Gasteiger partial charge in [-0.25, -0.2) is 4.39 Å². The zero-order chi connectivity index (χ0) is 21.4. The van der Waals surface area contributed by atoms with Crippen molar-refractivity contribution in [3.63, 3.8) is 0 Å². The van der Waals surface area contributed by atoms with Gasteiger partial charge in [0.15, 0.2) is 11.6 Å². The molecule has 0 radical (unpaired) electrons. The Bertz CT molecular complexity index is 960. The highest BCUT2D eigenvalue weighted by molar-refractivity contribution is 5.79. The molecule has 0 unspecified atom stereocenters. The van der Waals surface area contributed by atoms with E-state index in [-0.39, 0.29) is 36.5 Å². The van der Waals surface area contributed by atoms with Gasteiger partial charge in [0.25, 0.3) is 0 Å². The highest BCUT2D eigenvalue weighted by atomic mass is 19.1. The number of likely N-dealkylation sites (tertiary alicyclic amines) is 1. The number of aromatic nitrogens is 3. The fourth-order valence-corrected chi connectivity index (χ4v) is 4.24. The SMILES string of the molecule is CC(C)C(=O)N1CCn2c(nnc2[C@@H]2C[C@H](O)CN2C(=O)Cc2cccc(F)c2)C1. The molecule has 0 aliphatic carbocycles. The van der Waals surface area contributed by atoms with Gasteiger partial charge in [0.1, 0.15) is 5.82 Å². The minimum absolute atomic E-state index is 0.0542. The first-order chi connectivity index (χ1) is 14.3. The van der Waals surface area contributed by atoms with Crippen molar-refractivity contribution in [2.75, 3.05) is 13.1 Å². The highest BCUT2D eigenvalue weighted by Gasteiger charge is 2.39. The molecule has 2 aromatic rings. The second-order valence-corrected chi connectivity index (χ2v) is 8.30. The molecule has 9 heteroatoms. The van der Waals surface area contributed by atoms with Crippen LogP contribution in [0.1, 0.15) is 43.5 Å². The minimum Gasteiger partial charge on any atom is -0.391 e. The highest BCUT2D eigenvalue weighted by Crippen LogP contribution is 2.33. The summed E-state index contributed by atoms with van der Waals surface area (Å²) >= 11 is 0. The minimum atomic E-state index is -0.651. The van der Waals surface area contributed by atoms with Crippen molar-refractivity contribution in [2.45, 2.75) is 51.9 Å². The molecule has 3 heterocycles. The number of halogens is 1. The summed E-state index contributed by atoms with van der Waals surface area (Å²) in [5.74, 6) is 0.737. The first-order valence-corrected chi connectivity index (χ1v) is 10.3. The normalized spacial score (nSPS) is 21.2. The summed E-state index contributed by atoms with van der Waals surface area (Å²) in [6, 6.07) is 5.58. The van der Waals surface area contributed by atoms with Crippen LogP contribution >= 0.6 is 0 Å². The second kappa shape index (κ2) is 8.14. The number of amides is 2. The van der Waals surface area contributed by atoms with Crippen LogP contribution in [0.3, 0.4) is 0 Å². The molecular formula is C21H26FN5O3. The van der Waals surface area contributed by atoms with E-state index in [0.29, 0.717) is 43.3 Å². The fourth-order valence-electron chi connectivity index (χ4n) is 4.24. The summed E-state index contributed by atoms with van der Waals surface area (Å²) in [7, 11) is 0. The Morgan fingerprint density at radius 1 is 1.27 bits per heavy atom. The summed E-state index contributed by atoms with van der Waals surface area (Å²) in [4.78, 5) is 28.6. The number of rotatable bonds is 4. The van der Waals surface area contributed by atoms with Crippen molar-refractivity contribution >= 4 is 11.8 Å². The monoisotopic (exact) mass is 415 g/mol. The molecule has 1 aromatic carbocycles. The van der Waals surface area contributed by atoms with Crippen molar-refractivity contribution in [3.8, 4) is 0 Å². The van der Waals surface area contributed by atoms with Crippen molar-refractivity contribution in [3.05, 3.63) is 47.3 Å². The molecule has 1 fully saturated rings. The van der Waals surface area contributed by atoms with Crippen molar-refractivity contribution in [2.24, 2.45) is 5.92 Å². The van der Waals surface area contributed by atoms with Crippen molar-refractivity contribution in [1.29, 1.82) is 0 Å². The fraction of sp³-hybridized carbons (Fsp3) is 0.524. The summed E-state index contributed by atoms with van der Waals surface area (Å²) in [5, 5.41) is 18.8. The largest absolute Gasteiger partial charge is 0.391 e. The third kappa shape index (κ3) is 3.94. The number of aliphatic hydroxyl groups excluding tert-OH is 1. The van der Waals surface area contributed by atoms with E-state index in [4.69, 9.17) is 0 Å². The lowest BCUT2D eigenvalue weighted by molar-refractivity contribution is -0.136. The number of carbonyl (C=O) groups excluding carboxylic acids is 2. The molecule has 0 bridgehead atoms. The Morgan fingerprint density at radius 2 is 2.07 bits per heavy atom. The van der Waals surface area contributed by atoms with Crippen molar-refractivity contribution < 1.29 is 19.1 Å². The lowest BCUT2D eigenvalue weighted by atomic mass is 10.1. The molecule has 2 aliphatic heterocycles. The number of fused-ring (bicyclic) bond motifs is 1. The predicted octanol–water partition coefficient (Wildman–Crippen LogP) is 1.29. The molecule has 1 aromatic heterocycles. The smallest absolute Gasteiger partial charge is 0.227 e. The van der Waals surface area contributed by atoms with E-state index in [1.807, 2.05) is 18.4 Å². The van der Waals surface area contributed by atoms with Crippen LogP contribution < -0.4 is 0 Å². The molecule has 1 N–H and O–H groups in total. The van der Waals surface area contributed by atoms with Gasteiger partial charge in [-0.1, -0.05) is 26.0 Å². The second-order valence-electron chi connectivity index (χ2n) is 8.30. The van der Waals surface area contributed by atoms with Crippen LogP contribution in [0, 0.1) is 11.7 Å². The van der Waals surface area contributed by atoms with Crippen LogP contribution in [0.5, 0.6) is 0 Å². The van der Waals surface area contributed by atoms with Gasteiger partial charge in [-0.2, -0.15) is 0 Å². The Hall–Kier alpha value is -2.81. The van der Waals surface area contributed by atoms with Gasteiger partial charge in [-0.15, -0.1) is 10.2 Å². The van der Waals surface area contributed by atoms with E-state index in [2.05, 4.69) is 10.2 Å². The number of hydrogen-bond acceptors (Lipinski definition) is 5. The molecule has 1 saturated heterocycles. The predicted molar refractivity (Wildman–Crippen MR) is 105 cm³/mol. The number of aliphatic hydroxyl groups is 1. The van der Waals surface area contributed by atoms with Crippen LogP contribution in [0.15, 0.2) is 24.3 Å².